The Morgan fingerprint density at radius 2 is 1.52 bits per heavy atom. The summed E-state index contributed by atoms with van der Waals surface area (Å²) in [6.07, 6.45) is 2.91. The van der Waals surface area contributed by atoms with Gasteiger partial charge in [-0.2, -0.15) is 0 Å². The van der Waals surface area contributed by atoms with Gasteiger partial charge in [-0.1, -0.05) is 18.2 Å². The van der Waals surface area contributed by atoms with E-state index >= 15 is 0 Å². The van der Waals surface area contributed by atoms with Crippen LogP contribution in [-0.4, -0.2) is 36.2 Å². The molecule has 0 unspecified atom stereocenters. The van der Waals surface area contributed by atoms with Crippen LogP contribution in [0.5, 0.6) is 17.2 Å². The fourth-order valence-electron chi connectivity index (χ4n) is 2.13. The van der Waals surface area contributed by atoms with Gasteiger partial charge in [0.2, 0.25) is 5.75 Å². The number of rotatable bonds is 6. The monoisotopic (exact) mass is 343 g/mol. The lowest BCUT2D eigenvalue weighted by atomic mass is 10.1. The topological polar surface area (TPSA) is 105 Å². The number of aromatic hydroxyl groups is 1. The van der Waals surface area contributed by atoms with Crippen LogP contribution in [0.2, 0.25) is 0 Å². The summed E-state index contributed by atoms with van der Waals surface area (Å²) in [5.74, 6) is -0.595. The number of amides is 1. The van der Waals surface area contributed by atoms with Crippen LogP contribution in [0, 0.1) is 0 Å². The van der Waals surface area contributed by atoms with Crippen LogP contribution in [0.15, 0.2) is 42.5 Å². The van der Waals surface area contributed by atoms with Crippen LogP contribution in [-0.2, 0) is 0 Å². The zero-order chi connectivity index (χ0) is 18.4. The molecule has 0 heterocycles. The second-order valence-corrected chi connectivity index (χ2v) is 4.99. The molecule has 0 radical (unpaired) electrons. The summed E-state index contributed by atoms with van der Waals surface area (Å²) >= 11 is 0. The van der Waals surface area contributed by atoms with Gasteiger partial charge in [-0.15, -0.1) is 0 Å². The maximum Gasteiger partial charge on any atom is 0.274 e. The van der Waals surface area contributed by atoms with E-state index in [2.05, 4.69) is 0 Å². The Morgan fingerprint density at radius 3 is 2.00 bits per heavy atom. The number of phenols is 1. The molecule has 2 rings (SSSR count). The van der Waals surface area contributed by atoms with E-state index in [1.165, 1.54) is 50.0 Å². The highest BCUT2D eigenvalue weighted by Gasteiger charge is 2.10. The summed E-state index contributed by atoms with van der Waals surface area (Å²) in [6.45, 7) is 0. The Labute approximate surface area is 144 Å². The average Bonchev–Trinajstić information content (AvgIpc) is 2.66. The maximum atomic E-state index is 12.2. The first-order valence-corrected chi connectivity index (χ1v) is 7.22. The largest absolute Gasteiger partial charge is 0.502 e. The first-order chi connectivity index (χ1) is 12.0. The number of methoxy groups -OCH3 is 2. The molecule has 0 atom stereocenters. The van der Waals surface area contributed by atoms with E-state index in [1.807, 2.05) is 0 Å². The third-order valence-corrected chi connectivity index (χ3v) is 3.46. The first kappa shape index (κ1) is 18.0. The number of ether oxygens (including phenoxy) is 2. The number of nitrogens with one attached hydrogen (secondary N) is 1. The van der Waals surface area contributed by atoms with Crippen molar-refractivity contribution in [2.75, 3.05) is 14.2 Å². The second kappa shape index (κ2) is 7.98. The lowest BCUT2D eigenvalue weighted by Gasteiger charge is -2.09. The third kappa shape index (κ3) is 4.15. The van der Waals surface area contributed by atoms with Gasteiger partial charge in [-0.05, 0) is 35.9 Å². The smallest absolute Gasteiger partial charge is 0.274 e. The SMILES string of the molecule is COc1cc(C=CC(=O)c2ccc(C(=O)NO)cc2)cc(OC)c1O. The molecule has 0 spiro atoms. The summed E-state index contributed by atoms with van der Waals surface area (Å²) in [4.78, 5) is 23.4. The third-order valence-electron chi connectivity index (χ3n) is 3.46. The van der Waals surface area contributed by atoms with Crippen molar-refractivity contribution in [3.63, 3.8) is 0 Å². The highest BCUT2D eigenvalue weighted by Crippen LogP contribution is 2.37. The number of hydrogen-bond acceptors (Lipinski definition) is 6. The molecule has 0 fully saturated rings. The molecule has 1 amide bonds. The van der Waals surface area contributed by atoms with Crippen LogP contribution in [0.25, 0.3) is 6.08 Å². The number of hydroxylamine groups is 1. The Bertz CT molecular complexity index is 786. The molecule has 0 aliphatic rings. The minimum Gasteiger partial charge on any atom is -0.502 e. The molecular weight excluding hydrogens is 326 g/mol. The highest BCUT2D eigenvalue weighted by atomic mass is 16.5. The van der Waals surface area contributed by atoms with E-state index in [0.717, 1.165) is 0 Å². The molecule has 0 saturated carbocycles. The Morgan fingerprint density at radius 1 is 1.00 bits per heavy atom. The van der Waals surface area contributed by atoms with E-state index < -0.39 is 5.91 Å². The highest BCUT2D eigenvalue weighted by molar-refractivity contribution is 6.07. The number of benzene rings is 2. The van der Waals surface area contributed by atoms with Gasteiger partial charge < -0.3 is 14.6 Å². The molecule has 2 aromatic carbocycles. The fourth-order valence-corrected chi connectivity index (χ4v) is 2.13. The minimum absolute atomic E-state index is 0.119. The fraction of sp³-hybridized carbons (Fsp3) is 0.111. The van der Waals surface area contributed by atoms with Crippen LogP contribution < -0.4 is 15.0 Å². The summed E-state index contributed by atoms with van der Waals surface area (Å²) in [5, 5.41) is 18.4. The summed E-state index contributed by atoms with van der Waals surface area (Å²) in [6, 6.07) is 8.95. The predicted molar refractivity (Wildman–Crippen MR) is 90.3 cm³/mol. The van der Waals surface area contributed by atoms with Crippen molar-refractivity contribution < 1.29 is 29.4 Å². The maximum absolute atomic E-state index is 12.2. The lowest BCUT2D eigenvalue weighted by Crippen LogP contribution is -2.18. The van der Waals surface area contributed by atoms with Gasteiger partial charge in [0, 0.05) is 11.1 Å². The van der Waals surface area contributed by atoms with Crippen molar-refractivity contribution in [3.05, 3.63) is 59.2 Å². The summed E-state index contributed by atoms with van der Waals surface area (Å²) in [7, 11) is 2.83. The van der Waals surface area contributed by atoms with E-state index in [-0.39, 0.29) is 28.6 Å². The van der Waals surface area contributed by atoms with Crippen LogP contribution >= 0.6 is 0 Å². The van der Waals surface area contributed by atoms with Gasteiger partial charge in [0.25, 0.3) is 5.91 Å². The van der Waals surface area contributed by atoms with Crippen molar-refractivity contribution in [3.8, 4) is 17.2 Å². The van der Waals surface area contributed by atoms with Gasteiger partial charge >= 0.3 is 0 Å². The quantitative estimate of drug-likeness (QED) is 0.322. The number of carbonyl (C=O) groups is 2. The van der Waals surface area contributed by atoms with Gasteiger partial charge in [0.05, 0.1) is 14.2 Å². The zero-order valence-corrected chi connectivity index (χ0v) is 13.6. The molecule has 0 aliphatic carbocycles. The molecule has 3 N–H and O–H groups in total. The number of carbonyl (C=O) groups excluding carboxylic acids is 2. The molecule has 7 nitrogen and oxygen atoms in total. The zero-order valence-electron chi connectivity index (χ0n) is 13.6. The van der Waals surface area contributed by atoms with Gasteiger partial charge in [-0.25, -0.2) is 5.48 Å². The van der Waals surface area contributed by atoms with Gasteiger partial charge in [-0.3, -0.25) is 14.8 Å². The Kier molecular flexibility index (Phi) is 5.75. The van der Waals surface area contributed by atoms with Crippen LogP contribution in [0.1, 0.15) is 26.3 Å². The molecule has 0 aromatic heterocycles. The molecule has 130 valence electrons. The van der Waals surface area contributed by atoms with Crippen molar-refractivity contribution in [1.29, 1.82) is 0 Å². The molecule has 0 saturated heterocycles. The first-order valence-electron chi connectivity index (χ1n) is 7.22. The Balaban J connectivity index is 2.21. The normalized spacial score (nSPS) is 10.5. The molecular formula is C18H17NO6. The van der Waals surface area contributed by atoms with Gasteiger partial charge in [0.15, 0.2) is 17.3 Å². The van der Waals surface area contributed by atoms with Gasteiger partial charge in [0.1, 0.15) is 0 Å². The minimum atomic E-state index is -0.655. The second-order valence-electron chi connectivity index (χ2n) is 4.99. The lowest BCUT2D eigenvalue weighted by molar-refractivity contribution is 0.0706. The van der Waals surface area contributed by atoms with E-state index in [4.69, 9.17) is 14.7 Å². The van der Waals surface area contributed by atoms with E-state index in [1.54, 1.807) is 18.2 Å². The number of allylic oxidation sites excluding steroid dienone is 1. The van der Waals surface area contributed by atoms with E-state index in [0.29, 0.717) is 11.1 Å². The Hall–Kier alpha value is -3.32. The predicted octanol–water partition coefficient (Wildman–Crippen LogP) is 2.42. The van der Waals surface area contributed by atoms with E-state index in [9.17, 15) is 14.7 Å². The summed E-state index contributed by atoms with van der Waals surface area (Å²) in [5.41, 5.74) is 2.74. The number of ketones is 1. The number of hydrogen-bond donors (Lipinski definition) is 3. The average molecular weight is 343 g/mol. The molecule has 0 aliphatic heterocycles. The molecule has 2 aromatic rings. The molecule has 25 heavy (non-hydrogen) atoms. The number of phenolic OH excluding ortho intramolecular Hbond substituents is 1. The van der Waals surface area contributed by atoms with Crippen LogP contribution in [0.4, 0.5) is 0 Å². The van der Waals surface area contributed by atoms with Crippen molar-refractivity contribution in [2.45, 2.75) is 0 Å². The molecule has 0 bridgehead atoms. The van der Waals surface area contributed by atoms with Crippen molar-refractivity contribution in [2.24, 2.45) is 0 Å². The molecule has 7 heteroatoms. The van der Waals surface area contributed by atoms with Crippen molar-refractivity contribution in [1.82, 2.24) is 5.48 Å². The van der Waals surface area contributed by atoms with Crippen molar-refractivity contribution >= 4 is 17.8 Å². The van der Waals surface area contributed by atoms with Crippen LogP contribution in [0.3, 0.4) is 0 Å². The summed E-state index contributed by atoms with van der Waals surface area (Å²) < 4.78 is 10.1. The standard InChI is InChI=1S/C18H17NO6/c1-24-15-9-11(10-16(25-2)17(15)21)3-8-14(20)12-4-6-13(7-5-12)18(22)19-23/h3-10,21,23H,1-2H3,(H,19,22).